The Bertz CT molecular complexity index is 958. The van der Waals surface area contributed by atoms with Crippen molar-refractivity contribution in [3.63, 3.8) is 0 Å². The number of aryl methyl sites for hydroxylation is 3. The van der Waals surface area contributed by atoms with Crippen molar-refractivity contribution in [1.82, 2.24) is 9.21 Å². The summed E-state index contributed by atoms with van der Waals surface area (Å²) in [5, 5.41) is 0. The molecule has 0 N–H and O–H groups in total. The lowest BCUT2D eigenvalue weighted by Crippen LogP contribution is -2.53. The highest BCUT2D eigenvalue weighted by molar-refractivity contribution is 7.89. The smallest absolute Gasteiger partial charge is 0.263 e. The van der Waals surface area contributed by atoms with Gasteiger partial charge in [0.2, 0.25) is 10.0 Å². The lowest BCUT2D eigenvalue weighted by Gasteiger charge is -2.35. The maximum atomic E-state index is 12.8. The summed E-state index contributed by atoms with van der Waals surface area (Å²) in [6.45, 7) is 8.88. The predicted molar refractivity (Wildman–Crippen MR) is 113 cm³/mol. The van der Waals surface area contributed by atoms with E-state index in [1.807, 2.05) is 39.0 Å². The van der Waals surface area contributed by atoms with Crippen LogP contribution < -0.4 is 4.74 Å². The van der Waals surface area contributed by atoms with Crippen molar-refractivity contribution in [2.24, 2.45) is 0 Å². The number of ether oxygens (including phenoxy) is 1. The van der Waals surface area contributed by atoms with Crippen LogP contribution in [-0.2, 0) is 14.8 Å². The van der Waals surface area contributed by atoms with Crippen LogP contribution in [0.5, 0.6) is 5.75 Å². The summed E-state index contributed by atoms with van der Waals surface area (Å²) in [7, 11) is -3.54. The van der Waals surface area contributed by atoms with Crippen LogP contribution in [0.25, 0.3) is 0 Å². The molecule has 2 aromatic carbocycles. The Morgan fingerprint density at radius 3 is 2.00 bits per heavy atom. The molecule has 156 valence electrons. The third-order valence-corrected chi connectivity index (χ3v) is 6.98. The Kier molecular flexibility index (Phi) is 6.29. The molecule has 0 radical (unpaired) electrons. The summed E-state index contributed by atoms with van der Waals surface area (Å²) in [6.07, 6.45) is -0.628. The molecule has 1 fully saturated rings. The molecule has 1 aliphatic rings. The molecule has 0 unspecified atom stereocenters. The second-order valence-corrected chi connectivity index (χ2v) is 9.56. The Hall–Kier alpha value is -2.38. The van der Waals surface area contributed by atoms with Gasteiger partial charge in [0.15, 0.2) is 6.10 Å². The van der Waals surface area contributed by atoms with Gasteiger partial charge in [0.05, 0.1) is 4.90 Å². The van der Waals surface area contributed by atoms with Crippen LogP contribution in [0.3, 0.4) is 0 Å². The average molecular weight is 417 g/mol. The number of carbonyl (C=O) groups excluding carboxylic acids is 1. The molecule has 0 aliphatic carbocycles. The van der Waals surface area contributed by atoms with Crippen LogP contribution in [0.1, 0.15) is 23.6 Å². The number of hydrogen-bond acceptors (Lipinski definition) is 4. The number of rotatable bonds is 5. The van der Waals surface area contributed by atoms with Crippen LogP contribution in [0, 0.1) is 20.8 Å². The van der Waals surface area contributed by atoms with Gasteiger partial charge in [-0.3, -0.25) is 4.79 Å². The van der Waals surface area contributed by atoms with E-state index < -0.39 is 16.1 Å². The summed E-state index contributed by atoms with van der Waals surface area (Å²) in [6, 6.07) is 12.7. The minimum absolute atomic E-state index is 0.128. The fourth-order valence-electron chi connectivity index (χ4n) is 3.52. The van der Waals surface area contributed by atoms with Crippen LogP contribution in [0.4, 0.5) is 0 Å². The van der Waals surface area contributed by atoms with Crippen molar-refractivity contribution >= 4 is 15.9 Å². The van der Waals surface area contributed by atoms with Crippen molar-refractivity contribution in [1.29, 1.82) is 0 Å². The molecule has 1 amide bonds. The zero-order chi connectivity index (χ0) is 21.2. The lowest BCUT2D eigenvalue weighted by molar-refractivity contribution is -0.139. The summed E-state index contributed by atoms with van der Waals surface area (Å²) in [5.74, 6) is 0.542. The van der Waals surface area contributed by atoms with Gasteiger partial charge in [0.1, 0.15) is 5.75 Å². The highest BCUT2D eigenvalue weighted by Crippen LogP contribution is 2.20. The third-order valence-electron chi connectivity index (χ3n) is 5.06. The van der Waals surface area contributed by atoms with Crippen LogP contribution in [-0.4, -0.2) is 55.8 Å². The zero-order valence-electron chi connectivity index (χ0n) is 17.4. The number of sulfonamides is 1. The fourth-order valence-corrected chi connectivity index (χ4v) is 4.94. The minimum atomic E-state index is -3.54. The van der Waals surface area contributed by atoms with Gasteiger partial charge in [-0.25, -0.2) is 8.42 Å². The summed E-state index contributed by atoms with van der Waals surface area (Å²) in [5.41, 5.74) is 3.17. The van der Waals surface area contributed by atoms with Gasteiger partial charge in [-0.05, 0) is 63.1 Å². The standard InChI is InChI=1S/C22H28N2O4S/c1-16-5-7-21(8-6-16)29(26,27)24-11-9-23(10-12-24)22(25)19(4)28-20-14-17(2)13-18(3)15-20/h5-8,13-15,19H,9-12H2,1-4H3/t19-/m1/s1. The molecule has 1 heterocycles. The molecule has 29 heavy (non-hydrogen) atoms. The fraction of sp³-hybridized carbons (Fsp3) is 0.409. The van der Waals surface area contributed by atoms with Crippen molar-refractivity contribution in [3.05, 3.63) is 59.2 Å². The first-order chi connectivity index (χ1) is 13.7. The van der Waals surface area contributed by atoms with E-state index in [9.17, 15) is 13.2 Å². The molecule has 0 aromatic heterocycles. The maximum absolute atomic E-state index is 12.8. The maximum Gasteiger partial charge on any atom is 0.263 e. The van der Waals surface area contributed by atoms with Gasteiger partial charge in [-0.1, -0.05) is 23.8 Å². The first-order valence-electron chi connectivity index (χ1n) is 9.77. The first-order valence-corrected chi connectivity index (χ1v) is 11.2. The van der Waals surface area contributed by atoms with E-state index in [1.165, 1.54) is 4.31 Å². The normalized spacial score (nSPS) is 16.5. The summed E-state index contributed by atoms with van der Waals surface area (Å²) < 4.78 is 32.9. The van der Waals surface area contributed by atoms with Gasteiger partial charge >= 0.3 is 0 Å². The van der Waals surface area contributed by atoms with E-state index in [2.05, 4.69) is 0 Å². The van der Waals surface area contributed by atoms with Crippen molar-refractivity contribution < 1.29 is 17.9 Å². The minimum Gasteiger partial charge on any atom is -0.481 e. The Balaban J connectivity index is 1.60. The molecule has 7 heteroatoms. The van der Waals surface area contributed by atoms with Crippen molar-refractivity contribution in [3.8, 4) is 5.75 Å². The number of nitrogens with zero attached hydrogens (tertiary/aromatic N) is 2. The van der Waals surface area contributed by atoms with Gasteiger partial charge in [0, 0.05) is 26.2 Å². The van der Waals surface area contributed by atoms with Crippen LogP contribution in [0.15, 0.2) is 47.4 Å². The van der Waals surface area contributed by atoms with E-state index >= 15 is 0 Å². The highest BCUT2D eigenvalue weighted by Gasteiger charge is 2.32. The Morgan fingerprint density at radius 1 is 0.897 bits per heavy atom. The van der Waals surface area contributed by atoms with E-state index in [1.54, 1.807) is 36.1 Å². The van der Waals surface area contributed by atoms with Crippen molar-refractivity contribution in [2.75, 3.05) is 26.2 Å². The molecule has 2 aromatic rings. The Morgan fingerprint density at radius 2 is 1.45 bits per heavy atom. The molecule has 0 spiro atoms. The van der Waals surface area contributed by atoms with E-state index in [-0.39, 0.29) is 23.9 Å². The molecule has 1 atom stereocenters. The topological polar surface area (TPSA) is 66.9 Å². The molecule has 0 bridgehead atoms. The number of piperazine rings is 1. The zero-order valence-corrected chi connectivity index (χ0v) is 18.2. The van der Waals surface area contributed by atoms with Gasteiger partial charge < -0.3 is 9.64 Å². The quantitative estimate of drug-likeness (QED) is 0.752. The molecule has 6 nitrogen and oxygen atoms in total. The molecule has 1 saturated heterocycles. The lowest BCUT2D eigenvalue weighted by atomic mass is 10.1. The summed E-state index contributed by atoms with van der Waals surface area (Å²) >= 11 is 0. The molecular weight excluding hydrogens is 388 g/mol. The molecule has 0 saturated carbocycles. The molecular formula is C22H28N2O4S. The molecule has 1 aliphatic heterocycles. The predicted octanol–water partition coefficient (Wildman–Crippen LogP) is 2.91. The van der Waals surface area contributed by atoms with E-state index in [4.69, 9.17) is 4.74 Å². The van der Waals surface area contributed by atoms with Gasteiger partial charge in [0.25, 0.3) is 5.91 Å². The second kappa shape index (κ2) is 8.55. The van der Waals surface area contributed by atoms with Gasteiger partial charge in [-0.15, -0.1) is 0 Å². The SMILES string of the molecule is Cc1ccc(S(=O)(=O)N2CCN(C(=O)[C@@H](C)Oc3cc(C)cc(C)c3)CC2)cc1. The third kappa shape index (κ3) is 4.97. The molecule has 3 rings (SSSR count). The van der Waals surface area contributed by atoms with Gasteiger partial charge in [-0.2, -0.15) is 4.31 Å². The highest BCUT2D eigenvalue weighted by atomic mass is 32.2. The largest absolute Gasteiger partial charge is 0.481 e. The average Bonchev–Trinajstić information content (AvgIpc) is 2.67. The van der Waals surface area contributed by atoms with E-state index in [0.717, 1.165) is 16.7 Å². The van der Waals surface area contributed by atoms with Crippen molar-refractivity contribution in [2.45, 2.75) is 38.7 Å². The Labute approximate surface area is 173 Å². The number of amides is 1. The second-order valence-electron chi connectivity index (χ2n) is 7.63. The first kappa shape index (κ1) is 21.3. The summed E-state index contributed by atoms with van der Waals surface area (Å²) in [4.78, 5) is 14.7. The van der Waals surface area contributed by atoms with Crippen LogP contribution in [0.2, 0.25) is 0 Å². The number of benzene rings is 2. The van der Waals surface area contributed by atoms with E-state index in [0.29, 0.717) is 18.8 Å². The van der Waals surface area contributed by atoms with Crippen LogP contribution >= 0.6 is 0 Å². The monoisotopic (exact) mass is 416 g/mol. The number of hydrogen-bond donors (Lipinski definition) is 0. The number of carbonyl (C=O) groups is 1.